The van der Waals surface area contributed by atoms with Crippen molar-refractivity contribution in [3.63, 3.8) is 0 Å². The maximum Gasteiger partial charge on any atom is 0.287 e. The van der Waals surface area contributed by atoms with E-state index in [1.165, 1.54) is 15.8 Å². The van der Waals surface area contributed by atoms with Gasteiger partial charge in [-0.05, 0) is 88.2 Å². The Labute approximate surface area is 279 Å². The van der Waals surface area contributed by atoms with Crippen LogP contribution in [0.4, 0.5) is 5.82 Å². The molecule has 0 spiro atoms. The predicted molar refractivity (Wildman–Crippen MR) is 186 cm³/mol. The Hall–Kier alpha value is -4.64. The Morgan fingerprint density at radius 3 is 2.23 bits per heavy atom. The van der Waals surface area contributed by atoms with Crippen LogP contribution in [0.3, 0.4) is 0 Å². The topological polar surface area (TPSA) is 120 Å². The predicted octanol–water partition coefficient (Wildman–Crippen LogP) is 7.47. The van der Waals surface area contributed by atoms with Crippen molar-refractivity contribution in [3.05, 3.63) is 100 Å². The van der Waals surface area contributed by atoms with Crippen LogP contribution in [-0.4, -0.2) is 42.5 Å². The summed E-state index contributed by atoms with van der Waals surface area (Å²) in [4.78, 5) is 27.2. The number of ether oxygens (including phenoxy) is 1. The van der Waals surface area contributed by atoms with E-state index in [2.05, 4.69) is 85.7 Å². The van der Waals surface area contributed by atoms with Crippen molar-refractivity contribution >= 4 is 23.5 Å². The molecule has 47 heavy (non-hydrogen) atoms. The van der Waals surface area contributed by atoms with Crippen LogP contribution in [0.5, 0.6) is 5.75 Å². The molecule has 2 N–H and O–H groups in total. The number of carbonyl (C=O) groups is 1. The third-order valence-electron chi connectivity index (χ3n) is 8.83. The van der Waals surface area contributed by atoms with Gasteiger partial charge in [0.2, 0.25) is 11.1 Å². The molecule has 0 radical (unpaired) electrons. The average molecular weight is 654 g/mol. The SMILES string of the molecule is CCC(C)(C)c1ccc(OCCCC(=O)Nc2[nH]n(-c3ccccc3)c(=O)c2Sc2nnnn2-c2ccccc2)c(C(C)(C)CC)c1. The Balaban J connectivity index is 1.31. The van der Waals surface area contributed by atoms with Crippen LogP contribution in [0, 0.1) is 0 Å². The lowest BCUT2D eigenvalue weighted by Gasteiger charge is -2.30. The number of anilines is 1. The molecular formula is C36H43N7O3S. The van der Waals surface area contributed by atoms with Crippen LogP contribution in [0.2, 0.25) is 0 Å². The summed E-state index contributed by atoms with van der Waals surface area (Å²) >= 11 is 1.09. The summed E-state index contributed by atoms with van der Waals surface area (Å²) in [6, 6.07) is 25.1. The minimum atomic E-state index is -0.330. The van der Waals surface area contributed by atoms with Crippen molar-refractivity contribution < 1.29 is 9.53 Å². The highest BCUT2D eigenvalue weighted by molar-refractivity contribution is 7.99. The van der Waals surface area contributed by atoms with E-state index in [0.717, 1.165) is 36.0 Å². The number of para-hydroxylation sites is 2. The molecule has 11 heteroatoms. The van der Waals surface area contributed by atoms with E-state index < -0.39 is 0 Å². The Bertz CT molecular complexity index is 1860. The van der Waals surface area contributed by atoms with Crippen LogP contribution in [-0.2, 0) is 15.6 Å². The Morgan fingerprint density at radius 1 is 0.915 bits per heavy atom. The van der Waals surface area contributed by atoms with E-state index in [1.54, 1.807) is 4.68 Å². The number of amides is 1. The lowest BCUT2D eigenvalue weighted by molar-refractivity contribution is -0.116. The molecule has 1 amide bonds. The quantitative estimate of drug-likeness (QED) is 0.119. The van der Waals surface area contributed by atoms with E-state index >= 15 is 0 Å². The van der Waals surface area contributed by atoms with Crippen molar-refractivity contribution in [2.24, 2.45) is 0 Å². The van der Waals surface area contributed by atoms with Crippen LogP contribution in [0.1, 0.15) is 78.4 Å². The Kier molecular flexibility index (Phi) is 10.3. The number of hydrogen-bond donors (Lipinski definition) is 2. The second-order valence-corrected chi connectivity index (χ2v) is 13.8. The minimum Gasteiger partial charge on any atom is -0.493 e. The number of H-pyrrole nitrogens is 1. The minimum absolute atomic E-state index is 0.0569. The van der Waals surface area contributed by atoms with E-state index in [9.17, 15) is 9.59 Å². The first kappa shape index (κ1) is 33.7. The molecule has 0 aliphatic carbocycles. The molecule has 0 bridgehead atoms. The third-order valence-corrected chi connectivity index (χ3v) is 9.85. The smallest absolute Gasteiger partial charge is 0.287 e. The molecule has 5 rings (SSSR count). The van der Waals surface area contributed by atoms with Gasteiger partial charge in [0.1, 0.15) is 16.5 Å². The van der Waals surface area contributed by atoms with Crippen molar-refractivity contribution in [1.29, 1.82) is 0 Å². The second-order valence-electron chi connectivity index (χ2n) is 12.8. The van der Waals surface area contributed by atoms with Gasteiger partial charge in [-0.15, -0.1) is 5.10 Å². The molecular weight excluding hydrogens is 611 g/mol. The lowest BCUT2D eigenvalue weighted by atomic mass is 9.76. The maximum absolute atomic E-state index is 13.7. The number of tetrazole rings is 1. The van der Waals surface area contributed by atoms with Crippen molar-refractivity contribution in [1.82, 2.24) is 30.0 Å². The highest BCUT2D eigenvalue weighted by atomic mass is 32.2. The van der Waals surface area contributed by atoms with Gasteiger partial charge >= 0.3 is 0 Å². The number of rotatable bonds is 14. The van der Waals surface area contributed by atoms with Crippen molar-refractivity contribution in [2.75, 3.05) is 11.9 Å². The fourth-order valence-electron chi connectivity index (χ4n) is 5.04. The molecule has 0 fully saturated rings. The first-order valence-electron chi connectivity index (χ1n) is 16.0. The van der Waals surface area contributed by atoms with E-state index in [1.807, 2.05) is 60.7 Å². The van der Waals surface area contributed by atoms with Gasteiger partial charge in [0.05, 0.1) is 18.0 Å². The van der Waals surface area contributed by atoms with Gasteiger partial charge in [-0.25, -0.2) is 4.68 Å². The maximum atomic E-state index is 13.7. The summed E-state index contributed by atoms with van der Waals surface area (Å²) in [7, 11) is 0. The summed E-state index contributed by atoms with van der Waals surface area (Å²) in [5.74, 6) is 0.888. The molecule has 0 saturated carbocycles. The summed E-state index contributed by atoms with van der Waals surface area (Å²) < 4.78 is 9.24. The first-order chi connectivity index (χ1) is 22.5. The number of aromatic nitrogens is 6. The number of benzene rings is 3. The van der Waals surface area contributed by atoms with Gasteiger partial charge in [0.25, 0.3) is 5.56 Å². The molecule has 0 aliphatic heterocycles. The largest absolute Gasteiger partial charge is 0.493 e. The fraction of sp³-hybridized carbons (Fsp3) is 0.361. The van der Waals surface area contributed by atoms with Gasteiger partial charge in [0.15, 0.2) is 0 Å². The van der Waals surface area contributed by atoms with Crippen LogP contribution in [0.25, 0.3) is 11.4 Å². The number of carbonyl (C=O) groups excluding carboxylic acids is 1. The van der Waals surface area contributed by atoms with Gasteiger partial charge in [-0.3, -0.25) is 14.7 Å². The monoisotopic (exact) mass is 653 g/mol. The molecule has 5 aromatic rings. The zero-order valence-electron chi connectivity index (χ0n) is 27.9. The number of hydrogen-bond acceptors (Lipinski definition) is 7. The summed E-state index contributed by atoms with van der Waals surface area (Å²) in [6.07, 6.45) is 2.72. The van der Waals surface area contributed by atoms with Crippen molar-refractivity contribution in [3.8, 4) is 17.1 Å². The standard InChI is InChI=1S/C36H43N7O3S/c1-7-35(3,4)25-21-22-29(28(24-25)36(5,6)8-2)46-23-15-20-30(44)37-32-31(33(45)42(39-32)26-16-11-9-12-17-26)47-34-38-40-41-43(34)27-18-13-10-14-19-27/h9-14,16-19,21-22,24,39H,7-8,15,20,23H2,1-6H3,(H,37,44). The summed E-state index contributed by atoms with van der Waals surface area (Å²) in [5, 5.41) is 18.5. The van der Waals surface area contributed by atoms with Gasteiger partial charge in [0, 0.05) is 12.0 Å². The molecule has 0 saturated heterocycles. The van der Waals surface area contributed by atoms with Gasteiger partial charge in [-0.1, -0.05) is 90.1 Å². The second kappa shape index (κ2) is 14.4. The highest BCUT2D eigenvalue weighted by Gasteiger charge is 2.27. The van der Waals surface area contributed by atoms with E-state index in [-0.39, 0.29) is 39.4 Å². The van der Waals surface area contributed by atoms with Gasteiger partial charge in [-0.2, -0.15) is 4.68 Å². The normalized spacial score (nSPS) is 11.9. The average Bonchev–Trinajstić information content (AvgIpc) is 3.68. The van der Waals surface area contributed by atoms with E-state index in [0.29, 0.717) is 23.9 Å². The van der Waals surface area contributed by atoms with Crippen LogP contribution >= 0.6 is 11.8 Å². The zero-order valence-corrected chi connectivity index (χ0v) is 28.7. The molecule has 2 heterocycles. The lowest BCUT2D eigenvalue weighted by Crippen LogP contribution is -2.21. The molecule has 246 valence electrons. The highest BCUT2D eigenvalue weighted by Crippen LogP contribution is 2.38. The van der Waals surface area contributed by atoms with E-state index in [4.69, 9.17) is 4.74 Å². The van der Waals surface area contributed by atoms with Crippen molar-refractivity contribution in [2.45, 2.75) is 88.1 Å². The summed E-state index contributed by atoms with van der Waals surface area (Å²) in [5.41, 5.74) is 3.55. The molecule has 0 unspecified atom stereocenters. The zero-order chi connectivity index (χ0) is 33.6. The number of aromatic amines is 1. The number of nitrogens with one attached hydrogen (secondary N) is 2. The van der Waals surface area contributed by atoms with Crippen LogP contribution < -0.4 is 15.6 Å². The third kappa shape index (κ3) is 7.68. The molecule has 3 aromatic carbocycles. The number of nitrogens with zero attached hydrogens (tertiary/aromatic N) is 5. The first-order valence-corrected chi connectivity index (χ1v) is 16.9. The Morgan fingerprint density at radius 2 is 1.57 bits per heavy atom. The van der Waals surface area contributed by atoms with Crippen LogP contribution in [0.15, 0.2) is 93.7 Å². The molecule has 10 nitrogen and oxygen atoms in total. The fourth-order valence-corrected chi connectivity index (χ4v) is 5.91. The summed E-state index contributed by atoms with van der Waals surface area (Å²) in [6.45, 7) is 13.8. The molecule has 0 atom stereocenters. The van der Waals surface area contributed by atoms with Gasteiger partial charge < -0.3 is 10.1 Å². The molecule has 0 aliphatic rings. The molecule has 2 aromatic heterocycles.